The number of carbonyl (C=O) groups excluding carboxylic acids is 2. The van der Waals surface area contributed by atoms with Gasteiger partial charge in [-0.2, -0.15) is 0 Å². The summed E-state index contributed by atoms with van der Waals surface area (Å²) in [6, 6.07) is 8.91. The van der Waals surface area contributed by atoms with Crippen LogP contribution in [0.2, 0.25) is 0 Å². The van der Waals surface area contributed by atoms with Crippen molar-refractivity contribution in [3.8, 4) is 0 Å². The molecule has 8 heteroatoms. The smallest absolute Gasteiger partial charge is 0.339 e. The Morgan fingerprint density at radius 3 is 2.60 bits per heavy atom. The van der Waals surface area contributed by atoms with Gasteiger partial charge in [-0.25, -0.2) is 9.18 Å². The topological polar surface area (TPSA) is 98.5 Å². The predicted octanol–water partition coefficient (Wildman–Crippen LogP) is 2.84. The molecule has 128 valence electrons. The van der Waals surface area contributed by atoms with Crippen molar-refractivity contribution in [3.63, 3.8) is 0 Å². The zero-order valence-electron chi connectivity index (χ0n) is 13.1. The van der Waals surface area contributed by atoms with Crippen molar-refractivity contribution in [2.75, 3.05) is 5.32 Å². The van der Waals surface area contributed by atoms with Crippen LogP contribution in [0.5, 0.6) is 0 Å². The van der Waals surface area contributed by atoms with E-state index in [0.29, 0.717) is 11.3 Å². The van der Waals surface area contributed by atoms with Crippen molar-refractivity contribution in [1.82, 2.24) is 0 Å². The summed E-state index contributed by atoms with van der Waals surface area (Å²) in [6.07, 6.45) is 0.0185. The van der Waals surface area contributed by atoms with E-state index in [2.05, 4.69) is 5.32 Å². The van der Waals surface area contributed by atoms with E-state index in [1.165, 1.54) is 43.3 Å². The maximum absolute atomic E-state index is 13.4. The highest BCUT2D eigenvalue weighted by Crippen LogP contribution is 2.30. The minimum absolute atomic E-state index is 0.0185. The summed E-state index contributed by atoms with van der Waals surface area (Å²) in [5, 5.41) is 13.2. The Kier molecular flexibility index (Phi) is 3.96. The van der Waals surface area contributed by atoms with E-state index in [-0.39, 0.29) is 17.7 Å². The van der Waals surface area contributed by atoms with E-state index >= 15 is 0 Å². The number of carbonyl (C=O) groups is 2. The van der Waals surface area contributed by atoms with Crippen LogP contribution in [0.1, 0.15) is 22.8 Å². The number of nitrogens with one attached hydrogen (secondary N) is 1. The van der Waals surface area contributed by atoms with Gasteiger partial charge in [-0.05, 0) is 42.8 Å². The van der Waals surface area contributed by atoms with Gasteiger partial charge in [-0.1, -0.05) is 0 Å². The number of benzene rings is 2. The number of nitrogens with zero attached hydrogens (tertiary/aromatic N) is 1. The zero-order valence-corrected chi connectivity index (χ0v) is 13.1. The van der Waals surface area contributed by atoms with Gasteiger partial charge in [0.1, 0.15) is 5.82 Å². The summed E-state index contributed by atoms with van der Waals surface area (Å²) in [5.74, 6) is -1.82. The molecule has 0 fully saturated rings. The lowest BCUT2D eigenvalue weighted by atomic mass is 9.89. The number of non-ortho nitro benzene ring substituents is 1. The predicted molar refractivity (Wildman–Crippen MR) is 85.7 cm³/mol. The summed E-state index contributed by atoms with van der Waals surface area (Å²) in [4.78, 5) is 34.7. The van der Waals surface area contributed by atoms with E-state index in [1.54, 1.807) is 0 Å². The number of cyclic esters (lactones) is 1. The second-order valence-corrected chi connectivity index (χ2v) is 5.86. The molecule has 1 aliphatic heterocycles. The Hall–Kier alpha value is -3.29. The fourth-order valence-corrected chi connectivity index (χ4v) is 2.62. The number of esters is 1. The molecule has 2 aromatic carbocycles. The van der Waals surface area contributed by atoms with E-state index in [4.69, 9.17) is 4.74 Å². The molecular formula is C17H13FN2O5. The second-order valence-electron chi connectivity index (χ2n) is 5.86. The number of nitro benzene ring substituents is 1. The van der Waals surface area contributed by atoms with Crippen molar-refractivity contribution in [2.24, 2.45) is 0 Å². The number of hydrogen-bond acceptors (Lipinski definition) is 5. The molecule has 0 radical (unpaired) electrons. The van der Waals surface area contributed by atoms with Crippen LogP contribution >= 0.6 is 0 Å². The molecular weight excluding hydrogens is 331 g/mol. The van der Waals surface area contributed by atoms with Crippen LogP contribution in [-0.4, -0.2) is 22.4 Å². The van der Waals surface area contributed by atoms with Crippen molar-refractivity contribution < 1.29 is 23.6 Å². The number of halogens is 1. The summed E-state index contributed by atoms with van der Waals surface area (Å²) in [5.41, 5.74) is -0.699. The van der Waals surface area contributed by atoms with Gasteiger partial charge in [0.15, 0.2) is 5.60 Å². The molecule has 1 atom stereocenters. The number of fused-ring (bicyclic) bond motifs is 1. The molecule has 2 aromatic rings. The highest BCUT2D eigenvalue weighted by atomic mass is 19.1. The molecule has 7 nitrogen and oxygen atoms in total. The largest absolute Gasteiger partial charge is 0.445 e. The molecule has 0 bridgehead atoms. The van der Waals surface area contributed by atoms with Gasteiger partial charge in [0.05, 0.1) is 10.5 Å². The summed E-state index contributed by atoms with van der Waals surface area (Å²) in [7, 11) is 0. The Morgan fingerprint density at radius 2 is 1.96 bits per heavy atom. The molecule has 0 aliphatic carbocycles. The lowest BCUT2D eigenvalue weighted by Gasteiger charge is -2.33. The molecule has 0 spiro atoms. The van der Waals surface area contributed by atoms with Crippen LogP contribution in [0.4, 0.5) is 15.8 Å². The summed E-state index contributed by atoms with van der Waals surface area (Å²) < 4.78 is 18.7. The van der Waals surface area contributed by atoms with Gasteiger partial charge in [0, 0.05) is 24.2 Å². The van der Waals surface area contributed by atoms with Crippen LogP contribution in [-0.2, 0) is 16.0 Å². The van der Waals surface area contributed by atoms with Crippen LogP contribution in [0.25, 0.3) is 0 Å². The van der Waals surface area contributed by atoms with Gasteiger partial charge >= 0.3 is 5.97 Å². The SMILES string of the molecule is CC1(C(=O)Nc2ccc([N+](=O)[O-])cc2)Cc2cc(F)ccc2C(=O)O1. The number of nitro groups is 1. The first kappa shape index (κ1) is 16.6. The molecule has 3 rings (SSSR count). The van der Waals surface area contributed by atoms with E-state index in [1.807, 2.05) is 0 Å². The Bertz CT molecular complexity index is 881. The van der Waals surface area contributed by atoms with Crippen molar-refractivity contribution in [2.45, 2.75) is 18.9 Å². The summed E-state index contributed by atoms with van der Waals surface area (Å²) in [6.45, 7) is 1.43. The van der Waals surface area contributed by atoms with Crippen molar-refractivity contribution in [3.05, 3.63) is 69.5 Å². The molecule has 1 unspecified atom stereocenters. The molecule has 0 aromatic heterocycles. The maximum Gasteiger partial charge on any atom is 0.339 e. The molecule has 25 heavy (non-hydrogen) atoms. The van der Waals surface area contributed by atoms with Gasteiger partial charge < -0.3 is 10.1 Å². The number of rotatable bonds is 3. The zero-order chi connectivity index (χ0) is 18.2. The van der Waals surface area contributed by atoms with Gasteiger partial charge in [0.25, 0.3) is 11.6 Å². The Labute approximate surface area is 141 Å². The molecule has 1 heterocycles. The van der Waals surface area contributed by atoms with Crippen LogP contribution in [0, 0.1) is 15.9 Å². The normalized spacial score (nSPS) is 18.9. The minimum atomic E-state index is -1.51. The minimum Gasteiger partial charge on any atom is -0.445 e. The standard InChI is InChI=1S/C17H13FN2O5/c1-17(9-10-8-11(18)2-7-14(10)15(21)25-17)16(22)19-12-3-5-13(6-4-12)20(23)24/h2-8H,9H2,1H3,(H,19,22). The third-order valence-corrected chi connectivity index (χ3v) is 3.95. The first-order valence-corrected chi connectivity index (χ1v) is 7.36. The molecule has 0 saturated heterocycles. The van der Waals surface area contributed by atoms with Crippen molar-refractivity contribution in [1.29, 1.82) is 0 Å². The van der Waals surface area contributed by atoms with Gasteiger partial charge in [-0.3, -0.25) is 14.9 Å². The average molecular weight is 344 g/mol. The lowest BCUT2D eigenvalue weighted by molar-refractivity contribution is -0.384. The first-order chi connectivity index (χ1) is 11.8. The number of amides is 1. The fraction of sp³-hybridized carbons (Fsp3) is 0.176. The van der Waals surface area contributed by atoms with Crippen LogP contribution in [0.15, 0.2) is 42.5 Å². The number of anilines is 1. The molecule has 1 aliphatic rings. The number of hydrogen-bond donors (Lipinski definition) is 1. The first-order valence-electron chi connectivity index (χ1n) is 7.36. The van der Waals surface area contributed by atoms with Crippen molar-refractivity contribution >= 4 is 23.3 Å². The highest BCUT2D eigenvalue weighted by molar-refractivity contribution is 6.02. The van der Waals surface area contributed by atoms with E-state index < -0.39 is 28.2 Å². The van der Waals surface area contributed by atoms with Gasteiger partial charge in [0.2, 0.25) is 0 Å². The monoisotopic (exact) mass is 344 g/mol. The average Bonchev–Trinajstić information content (AvgIpc) is 2.54. The fourth-order valence-electron chi connectivity index (χ4n) is 2.62. The third-order valence-electron chi connectivity index (χ3n) is 3.95. The highest BCUT2D eigenvalue weighted by Gasteiger charge is 2.42. The third kappa shape index (κ3) is 3.18. The molecule has 1 amide bonds. The Morgan fingerprint density at radius 1 is 1.28 bits per heavy atom. The van der Waals surface area contributed by atoms with Gasteiger partial charge in [-0.15, -0.1) is 0 Å². The van der Waals surface area contributed by atoms with Crippen LogP contribution < -0.4 is 5.32 Å². The Balaban J connectivity index is 1.82. The number of ether oxygens (including phenoxy) is 1. The quantitative estimate of drug-likeness (QED) is 0.524. The lowest BCUT2D eigenvalue weighted by Crippen LogP contribution is -2.48. The second kappa shape index (κ2) is 5.97. The maximum atomic E-state index is 13.4. The molecule has 0 saturated carbocycles. The van der Waals surface area contributed by atoms with E-state index in [0.717, 1.165) is 6.07 Å². The summed E-state index contributed by atoms with van der Waals surface area (Å²) >= 11 is 0. The van der Waals surface area contributed by atoms with Crippen LogP contribution in [0.3, 0.4) is 0 Å². The van der Waals surface area contributed by atoms with E-state index in [9.17, 15) is 24.1 Å². The molecule has 1 N–H and O–H groups in total.